The first-order valence-corrected chi connectivity index (χ1v) is 10.2. The fourth-order valence-electron chi connectivity index (χ4n) is 3.65. The minimum atomic E-state index is -4.52. The van der Waals surface area contributed by atoms with Crippen molar-refractivity contribution < 1.29 is 18.3 Å². The lowest BCUT2D eigenvalue weighted by Gasteiger charge is -2.29. The van der Waals surface area contributed by atoms with Gasteiger partial charge in [-0.05, 0) is 44.6 Å². The molecular weight excluding hydrogens is 399 g/mol. The molecule has 1 fully saturated rings. The summed E-state index contributed by atoms with van der Waals surface area (Å²) in [7, 11) is 2.10. The van der Waals surface area contributed by atoms with Crippen LogP contribution in [0.3, 0.4) is 0 Å². The largest absolute Gasteiger partial charge is 0.507 e. The van der Waals surface area contributed by atoms with Gasteiger partial charge in [0, 0.05) is 28.1 Å². The Bertz CT molecular complexity index is 1040. The van der Waals surface area contributed by atoms with E-state index in [9.17, 15) is 18.3 Å². The predicted molar refractivity (Wildman–Crippen MR) is 108 cm³/mol. The number of rotatable bonds is 3. The van der Waals surface area contributed by atoms with Crippen LogP contribution in [0.2, 0.25) is 0 Å². The zero-order valence-electron chi connectivity index (χ0n) is 15.8. The molecule has 0 aliphatic carbocycles. The third-order valence-electron chi connectivity index (χ3n) is 5.09. The third kappa shape index (κ3) is 4.18. The van der Waals surface area contributed by atoms with Crippen LogP contribution >= 0.6 is 11.8 Å². The van der Waals surface area contributed by atoms with Gasteiger partial charge in [0.1, 0.15) is 16.5 Å². The maximum absolute atomic E-state index is 12.9. The van der Waals surface area contributed by atoms with Crippen LogP contribution in [0.1, 0.15) is 18.4 Å². The number of hydrogen-bond donors (Lipinski definition) is 1. The Morgan fingerprint density at radius 3 is 2.55 bits per heavy atom. The molecule has 2 heterocycles. The van der Waals surface area contributed by atoms with Gasteiger partial charge in [-0.1, -0.05) is 36.0 Å². The molecule has 3 aromatic rings. The van der Waals surface area contributed by atoms with Crippen LogP contribution in [-0.4, -0.2) is 45.6 Å². The normalized spacial score (nSPS) is 18.3. The van der Waals surface area contributed by atoms with Crippen molar-refractivity contribution in [1.29, 1.82) is 0 Å². The van der Waals surface area contributed by atoms with Gasteiger partial charge in [-0.25, -0.2) is 0 Å². The van der Waals surface area contributed by atoms with E-state index in [1.807, 2.05) is 24.3 Å². The second-order valence-corrected chi connectivity index (χ2v) is 8.56. The standard InChI is InChI=1S/C21H20F3N3OS/c1-27-10-4-5-14(12-27)29-20-16-7-3-2-6-15(16)19(25-26-20)17-9-8-13(11-18(17)28)21(22,23)24/h2-3,6-9,11,14,28H,4-5,10,12H2,1H3/t14-/m1/s1. The summed E-state index contributed by atoms with van der Waals surface area (Å²) in [5, 5.41) is 21.8. The molecule has 1 saturated heterocycles. The number of nitrogens with zero attached hydrogens (tertiary/aromatic N) is 3. The molecule has 152 valence electrons. The molecule has 1 aromatic heterocycles. The lowest BCUT2D eigenvalue weighted by molar-refractivity contribution is -0.137. The Hall–Kier alpha value is -2.32. The van der Waals surface area contributed by atoms with Gasteiger partial charge in [0.25, 0.3) is 0 Å². The summed E-state index contributed by atoms with van der Waals surface area (Å²) in [5.74, 6) is -0.464. The highest BCUT2D eigenvalue weighted by molar-refractivity contribution is 8.00. The van der Waals surface area contributed by atoms with Gasteiger partial charge in [0.05, 0.1) is 5.56 Å². The summed E-state index contributed by atoms with van der Waals surface area (Å²) in [6.07, 6.45) is -2.28. The van der Waals surface area contributed by atoms with Gasteiger partial charge in [-0.3, -0.25) is 0 Å². The van der Waals surface area contributed by atoms with Crippen LogP contribution in [-0.2, 0) is 6.18 Å². The molecule has 0 saturated carbocycles. The molecule has 4 nitrogen and oxygen atoms in total. The highest BCUT2D eigenvalue weighted by Gasteiger charge is 2.31. The van der Waals surface area contributed by atoms with Crippen LogP contribution in [0.5, 0.6) is 5.75 Å². The summed E-state index contributed by atoms with van der Waals surface area (Å²) in [6.45, 7) is 2.07. The summed E-state index contributed by atoms with van der Waals surface area (Å²) >= 11 is 1.69. The number of alkyl halides is 3. The van der Waals surface area contributed by atoms with Crippen LogP contribution in [0, 0.1) is 0 Å². The van der Waals surface area contributed by atoms with E-state index in [0.717, 1.165) is 53.9 Å². The number of phenols is 1. The van der Waals surface area contributed by atoms with Crippen molar-refractivity contribution in [3.8, 4) is 17.0 Å². The van der Waals surface area contributed by atoms with Crippen molar-refractivity contribution in [1.82, 2.24) is 15.1 Å². The molecule has 1 N–H and O–H groups in total. The second kappa shape index (κ2) is 7.84. The van der Waals surface area contributed by atoms with Gasteiger partial charge in [0.2, 0.25) is 0 Å². The molecule has 0 spiro atoms. The van der Waals surface area contributed by atoms with Crippen LogP contribution in [0.15, 0.2) is 47.5 Å². The van der Waals surface area contributed by atoms with E-state index < -0.39 is 17.5 Å². The monoisotopic (exact) mass is 419 g/mol. The average molecular weight is 419 g/mol. The highest BCUT2D eigenvalue weighted by atomic mass is 32.2. The Morgan fingerprint density at radius 1 is 1.10 bits per heavy atom. The average Bonchev–Trinajstić information content (AvgIpc) is 2.68. The minimum Gasteiger partial charge on any atom is -0.507 e. The number of likely N-dealkylation sites (tertiary alicyclic amines) is 1. The van der Waals surface area contributed by atoms with Crippen LogP contribution < -0.4 is 0 Å². The van der Waals surface area contributed by atoms with Crippen molar-refractivity contribution in [3.63, 3.8) is 0 Å². The maximum atomic E-state index is 12.9. The van der Waals surface area contributed by atoms with E-state index in [2.05, 4.69) is 22.1 Å². The molecule has 29 heavy (non-hydrogen) atoms. The second-order valence-electron chi connectivity index (χ2n) is 7.27. The van der Waals surface area contributed by atoms with Gasteiger partial charge in [-0.15, -0.1) is 10.2 Å². The molecule has 1 atom stereocenters. The molecule has 4 rings (SSSR count). The lowest BCUT2D eigenvalue weighted by Crippen LogP contribution is -2.33. The van der Waals surface area contributed by atoms with E-state index in [-0.39, 0.29) is 5.56 Å². The summed E-state index contributed by atoms with van der Waals surface area (Å²) < 4.78 is 38.7. The predicted octanol–water partition coefficient (Wildman–Crippen LogP) is 5.21. The summed E-state index contributed by atoms with van der Waals surface area (Å²) in [4.78, 5) is 2.30. The van der Waals surface area contributed by atoms with E-state index in [0.29, 0.717) is 10.9 Å². The van der Waals surface area contributed by atoms with E-state index in [4.69, 9.17) is 0 Å². The molecule has 0 amide bonds. The van der Waals surface area contributed by atoms with E-state index in [1.54, 1.807) is 11.8 Å². The zero-order valence-corrected chi connectivity index (χ0v) is 16.6. The van der Waals surface area contributed by atoms with Gasteiger partial charge >= 0.3 is 6.18 Å². The number of piperidine rings is 1. The van der Waals surface area contributed by atoms with Crippen molar-refractivity contribution in [3.05, 3.63) is 48.0 Å². The SMILES string of the molecule is CN1CCC[C@@H](Sc2nnc(-c3ccc(C(F)(F)F)cc3O)c3ccccc23)C1. The number of halogens is 3. The fourth-order valence-corrected chi connectivity index (χ4v) is 4.97. The molecule has 8 heteroatoms. The Morgan fingerprint density at radius 2 is 1.86 bits per heavy atom. The van der Waals surface area contributed by atoms with Crippen LogP contribution in [0.4, 0.5) is 13.2 Å². The van der Waals surface area contributed by atoms with Gasteiger partial charge in [0.15, 0.2) is 0 Å². The Balaban J connectivity index is 1.74. The first-order valence-electron chi connectivity index (χ1n) is 9.34. The smallest absolute Gasteiger partial charge is 0.416 e. The minimum absolute atomic E-state index is 0.232. The van der Waals surface area contributed by atoms with Gasteiger partial charge < -0.3 is 10.0 Å². The molecule has 2 aromatic carbocycles. The third-order valence-corrected chi connectivity index (χ3v) is 6.34. The zero-order chi connectivity index (χ0) is 20.6. The van der Waals surface area contributed by atoms with Gasteiger partial charge in [-0.2, -0.15) is 13.2 Å². The van der Waals surface area contributed by atoms with Crippen molar-refractivity contribution in [2.45, 2.75) is 29.3 Å². The number of thioether (sulfide) groups is 1. The Labute approximate surface area is 170 Å². The van der Waals surface area contributed by atoms with E-state index in [1.165, 1.54) is 6.07 Å². The maximum Gasteiger partial charge on any atom is 0.416 e. The number of fused-ring (bicyclic) bond motifs is 1. The lowest BCUT2D eigenvalue weighted by atomic mass is 10.0. The molecule has 0 bridgehead atoms. The molecule has 1 aliphatic rings. The first-order chi connectivity index (χ1) is 13.8. The number of benzene rings is 2. The van der Waals surface area contributed by atoms with E-state index >= 15 is 0 Å². The number of aromatic nitrogens is 2. The van der Waals surface area contributed by atoms with Crippen molar-refractivity contribution in [2.75, 3.05) is 20.1 Å². The van der Waals surface area contributed by atoms with Crippen LogP contribution in [0.25, 0.3) is 22.0 Å². The number of phenolic OH excluding ortho intramolecular Hbond substituents is 1. The molecular formula is C21H20F3N3OS. The highest BCUT2D eigenvalue weighted by Crippen LogP contribution is 2.40. The molecule has 0 radical (unpaired) electrons. The number of aromatic hydroxyl groups is 1. The topological polar surface area (TPSA) is 49.2 Å². The summed E-state index contributed by atoms with van der Waals surface area (Å²) in [5.41, 5.74) is -0.294. The van der Waals surface area contributed by atoms with Crippen molar-refractivity contribution >= 4 is 22.5 Å². The fraction of sp³-hybridized carbons (Fsp3) is 0.333. The summed E-state index contributed by atoms with van der Waals surface area (Å²) in [6, 6.07) is 10.5. The quantitative estimate of drug-likeness (QED) is 0.632. The van der Waals surface area contributed by atoms with Crippen molar-refractivity contribution in [2.24, 2.45) is 0 Å². The Kier molecular flexibility index (Phi) is 5.40. The number of hydrogen-bond acceptors (Lipinski definition) is 5. The first kappa shape index (κ1) is 20.0. The molecule has 0 unspecified atom stereocenters. The molecule has 1 aliphatic heterocycles.